The SMILES string of the molecule is Cc1cc(C(=O)NCC(C)C#N)ccc1Cl. The predicted octanol–water partition coefficient (Wildman–Crippen LogP) is 2.54. The molecule has 1 unspecified atom stereocenters. The largest absolute Gasteiger partial charge is 0.351 e. The van der Waals surface area contributed by atoms with E-state index >= 15 is 0 Å². The number of aryl methyl sites for hydroxylation is 1. The summed E-state index contributed by atoms with van der Waals surface area (Å²) in [5.74, 6) is -0.362. The zero-order valence-electron chi connectivity index (χ0n) is 9.25. The summed E-state index contributed by atoms with van der Waals surface area (Å²) in [5, 5.41) is 11.9. The highest BCUT2D eigenvalue weighted by molar-refractivity contribution is 6.31. The molecule has 1 atom stereocenters. The molecule has 16 heavy (non-hydrogen) atoms. The Morgan fingerprint density at radius 3 is 2.88 bits per heavy atom. The van der Waals surface area contributed by atoms with Crippen LogP contribution < -0.4 is 5.32 Å². The normalized spacial score (nSPS) is 11.6. The first-order valence-corrected chi connectivity index (χ1v) is 5.36. The smallest absolute Gasteiger partial charge is 0.251 e. The summed E-state index contributed by atoms with van der Waals surface area (Å²) >= 11 is 5.86. The van der Waals surface area contributed by atoms with Crippen molar-refractivity contribution in [2.75, 3.05) is 6.54 Å². The van der Waals surface area contributed by atoms with E-state index in [-0.39, 0.29) is 11.8 Å². The molecule has 1 rings (SSSR count). The van der Waals surface area contributed by atoms with E-state index in [9.17, 15) is 4.79 Å². The van der Waals surface area contributed by atoms with Gasteiger partial charge in [0.25, 0.3) is 5.91 Å². The molecule has 84 valence electrons. The van der Waals surface area contributed by atoms with E-state index < -0.39 is 0 Å². The Balaban J connectivity index is 2.67. The van der Waals surface area contributed by atoms with Gasteiger partial charge in [-0.25, -0.2) is 0 Å². The van der Waals surface area contributed by atoms with E-state index in [4.69, 9.17) is 16.9 Å². The topological polar surface area (TPSA) is 52.9 Å². The Morgan fingerprint density at radius 2 is 2.31 bits per heavy atom. The Labute approximate surface area is 100 Å². The summed E-state index contributed by atoms with van der Waals surface area (Å²) < 4.78 is 0. The summed E-state index contributed by atoms with van der Waals surface area (Å²) in [7, 11) is 0. The first-order valence-electron chi connectivity index (χ1n) is 4.98. The van der Waals surface area contributed by atoms with Gasteiger partial charge in [0.1, 0.15) is 0 Å². The van der Waals surface area contributed by atoms with Gasteiger partial charge in [-0.2, -0.15) is 5.26 Å². The molecular weight excluding hydrogens is 224 g/mol. The minimum Gasteiger partial charge on any atom is -0.351 e. The van der Waals surface area contributed by atoms with Crippen LogP contribution in [0.1, 0.15) is 22.8 Å². The van der Waals surface area contributed by atoms with Crippen molar-refractivity contribution in [2.24, 2.45) is 5.92 Å². The zero-order chi connectivity index (χ0) is 12.1. The van der Waals surface area contributed by atoms with Crippen LogP contribution in [-0.4, -0.2) is 12.5 Å². The number of benzene rings is 1. The molecule has 0 fully saturated rings. The summed E-state index contributed by atoms with van der Waals surface area (Å²) in [6.45, 7) is 3.96. The third-order valence-corrected chi connectivity index (χ3v) is 2.63. The third kappa shape index (κ3) is 3.25. The van der Waals surface area contributed by atoms with Crippen LogP contribution in [-0.2, 0) is 0 Å². The standard InChI is InChI=1S/C12H13ClN2O/c1-8(6-14)7-15-12(16)10-3-4-11(13)9(2)5-10/h3-5,8H,7H2,1-2H3,(H,15,16). The number of nitrogens with one attached hydrogen (secondary N) is 1. The first kappa shape index (κ1) is 12.5. The number of carbonyl (C=O) groups excluding carboxylic acids is 1. The van der Waals surface area contributed by atoms with Gasteiger partial charge in [-0.15, -0.1) is 0 Å². The molecule has 0 aliphatic carbocycles. The fraction of sp³-hybridized carbons (Fsp3) is 0.333. The van der Waals surface area contributed by atoms with Crippen molar-refractivity contribution in [2.45, 2.75) is 13.8 Å². The molecule has 0 aliphatic rings. The highest BCUT2D eigenvalue weighted by atomic mass is 35.5. The lowest BCUT2D eigenvalue weighted by Gasteiger charge is -2.07. The number of carbonyl (C=O) groups is 1. The molecule has 0 radical (unpaired) electrons. The molecule has 0 spiro atoms. The molecule has 1 N–H and O–H groups in total. The van der Waals surface area contributed by atoms with Crippen molar-refractivity contribution < 1.29 is 4.79 Å². The van der Waals surface area contributed by atoms with Gasteiger partial charge in [-0.3, -0.25) is 4.79 Å². The van der Waals surface area contributed by atoms with Crippen molar-refractivity contribution in [1.29, 1.82) is 5.26 Å². The van der Waals surface area contributed by atoms with Crippen LogP contribution in [0.4, 0.5) is 0 Å². The highest BCUT2D eigenvalue weighted by Crippen LogP contribution is 2.16. The molecule has 1 aromatic carbocycles. The van der Waals surface area contributed by atoms with Crippen LogP contribution in [0.15, 0.2) is 18.2 Å². The molecule has 1 aromatic rings. The highest BCUT2D eigenvalue weighted by Gasteiger charge is 2.08. The average Bonchev–Trinajstić information content (AvgIpc) is 2.29. The van der Waals surface area contributed by atoms with E-state index in [0.717, 1.165) is 5.56 Å². The monoisotopic (exact) mass is 236 g/mol. The third-order valence-electron chi connectivity index (χ3n) is 2.21. The second-order valence-corrected chi connectivity index (χ2v) is 4.11. The molecule has 0 aromatic heterocycles. The molecule has 0 heterocycles. The second kappa shape index (κ2) is 5.53. The number of amides is 1. The van der Waals surface area contributed by atoms with E-state index in [0.29, 0.717) is 17.1 Å². The van der Waals surface area contributed by atoms with Gasteiger partial charge in [0, 0.05) is 17.1 Å². The zero-order valence-corrected chi connectivity index (χ0v) is 10.0. The molecule has 0 saturated carbocycles. The molecular formula is C12H13ClN2O. The van der Waals surface area contributed by atoms with Crippen molar-refractivity contribution in [3.8, 4) is 6.07 Å². The van der Waals surface area contributed by atoms with Gasteiger partial charge in [0.2, 0.25) is 0 Å². The quantitative estimate of drug-likeness (QED) is 0.877. The lowest BCUT2D eigenvalue weighted by Crippen LogP contribution is -2.27. The van der Waals surface area contributed by atoms with Crippen LogP contribution in [0.2, 0.25) is 5.02 Å². The number of hydrogen-bond acceptors (Lipinski definition) is 2. The van der Waals surface area contributed by atoms with Gasteiger partial charge in [-0.05, 0) is 37.6 Å². The summed E-state index contributed by atoms with van der Waals surface area (Å²) in [4.78, 5) is 11.7. The van der Waals surface area contributed by atoms with Gasteiger partial charge in [0.15, 0.2) is 0 Å². The molecule has 3 nitrogen and oxygen atoms in total. The maximum absolute atomic E-state index is 11.7. The number of nitriles is 1. The number of rotatable bonds is 3. The number of hydrogen-bond donors (Lipinski definition) is 1. The van der Waals surface area contributed by atoms with E-state index in [2.05, 4.69) is 11.4 Å². The Kier molecular flexibility index (Phi) is 4.33. The number of nitrogens with zero attached hydrogens (tertiary/aromatic N) is 1. The lowest BCUT2D eigenvalue weighted by molar-refractivity contribution is 0.0950. The number of halogens is 1. The van der Waals surface area contributed by atoms with Crippen molar-refractivity contribution >= 4 is 17.5 Å². The Hall–Kier alpha value is -1.53. The average molecular weight is 237 g/mol. The summed E-state index contributed by atoms with van der Waals surface area (Å²) in [6.07, 6.45) is 0. The van der Waals surface area contributed by atoms with Gasteiger partial charge >= 0.3 is 0 Å². The molecule has 0 saturated heterocycles. The van der Waals surface area contributed by atoms with Gasteiger partial charge < -0.3 is 5.32 Å². The van der Waals surface area contributed by atoms with E-state index in [1.807, 2.05) is 6.92 Å². The van der Waals surface area contributed by atoms with Crippen molar-refractivity contribution in [1.82, 2.24) is 5.32 Å². The van der Waals surface area contributed by atoms with Crippen LogP contribution >= 0.6 is 11.6 Å². The maximum Gasteiger partial charge on any atom is 0.251 e. The van der Waals surface area contributed by atoms with Gasteiger partial charge in [0.05, 0.1) is 12.0 Å². The summed E-state index contributed by atoms with van der Waals surface area (Å²) in [6, 6.07) is 7.15. The van der Waals surface area contributed by atoms with Crippen molar-refractivity contribution in [3.05, 3.63) is 34.3 Å². The molecule has 0 bridgehead atoms. The van der Waals surface area contributed by atoms with Crippen LogP contribution in [0.25, 0.3) is 0 Å². The summed E-state index contributed by atoms with van der Waals surface area (Å²) in [5.41, 5.74) is 1.43. The van der Waals surface area contributed by atoms with Crippen LogP contribution in [0.5, 0.6) is 0 Å². The van der Waals surface area contributed by atoms with E-state index in [1.54, 1.807) is 25.1 Å². The minimum absolute atomic E-state index is 0.179. The first-order chi connectivity index (χ1) is 7.54. The Morgan fingerprint density at radius 1 is 1.62 bits per heavy atom. The van der Waals surface area contributed by atoms with Crippen LogP contribution in [0, 0.1) is 24.2 Å². The van der Waals surface area contributed by atoms with E-state index in [1.165, 1.54) is 0 Å². The molecule has 0 aliphatic heterocycles. The fourth-order valence-electron chi connectivity index (χ4n) is 1.18. The van der Waals surface area contributed by atoms with Gasteiger partial charge in [-0.1, -0.05) is 11.6 Å². The minimum atomic E-state index is -0.183. The second-order valence-electron chi connectivity index (χ2n) is 3.70. The van der Waals surface area contributed by atoms with Crippen LogP contribution in [0.3, 0.4) is 0 Å². The lowest BCUT2D eigenvalue weighted by atomic mass is 10.1. The molecule has 4 heteroatoms. The van der Waals surface area contributed by atoms with Crippen molar-refractivity contribution in [3.63, 3.8) is 0 Å². The Bertz CT molecular complexity index is 437. The maximum atomic E-state index is 11.7. The molecule has 1 amide bonds. The fourth-order valence-corrected chi connectivity index (χ4v) is 1.30. The predicted molar refractivity (Wildman–Crippen MR) is 63.3 cm³/mol.